The number of nitrogens with zero attached hydrogens (tertiary/aromatic N) is 2. The number of rotatable bonds is 2. The van der Waals surface area contributed by atoms with Gasteiger partial charge >= 0.3 is 21.1 Å². The molecule has 0 aliphatic rings. The number of hydrogen-bond donors (Lipinski definition) is 0. The molecule has 0 spiro atoms. The second-order valence-electron chi connectivity index (χ2n) is 6.17. The first-order valence-corrected chi connectivity index (χ1v) is 9.11. The maximum atomic E-state index is 4.33. The molecule has 0 amide bonds. The van der Waals surface area contributed by atoms with Gasteiger partial charge in [0, 0.05) is 23.8 Å². The van der Waals surface area contributed by atoms with Gasteiger partial charge in [-0.3, -0.25) is 9.97 Å². The normalized spacial score (nSPS) is 9.79. The van der Waals surface area contributed by atoms with E-state index in [9.17, 15) is 0 Å². The number of aromatic nitrogens is 2. The fourth-order valence-corrected chi connectivity index (χ4v) is 2.88. The van der Waals surface area contributed by atoms with Crippen molar-refractivity contribution in [1.82, 2.24) is 9.97 Å². The smallest absolute Gasteiger partial charge is 0.295 e. The van der Waals surface area contributed by atoms with E-state index in [0.29, 0.717) is 0 Å². The Labute approximate surface area is 185 Å². The number of fused-ring (bicyclic) bond motifs is 1. The molecular formula is C26H18N2Pt. The Morgan fingerprint density at radius 2 is 1.14 bits per heavy atom. The van der Waals surface area contributed by atoms with Crippen LogP contribution >= 0.6 is 0 Å². The minimum Gasteiger partial charge on any atom is -0.295 e. The SMILES string of the molecule is [Pt+2].[c-]1c(-c2ccccn2)cccc1-c1ccccn1.[c-]1cccc2ccccc12. The Kier molecular flexibility index (Phi) is 7.44. The molecule has 2 nitrogen and oxygen atoms in total. The van der Waals surface area contributed by atoms with Crippen LogP contribution in [0.3, 0.4) is 0 Å². The summed E-state index contributed by atoms with van der Waals surface area (Å²) >= 11 is 0. The van der Waals surface area contributed by atoms with Crippen LogP contribution in [-0.2, 0) is 21.1 Å². The van der Waals surface area contributed by atoms with Gasteiger partial charge in [-0.1, -0.05) is 47.5 Å². The molecule has 0 saturated carbocycles. The molecule has 0 fully saturated rings. The molecular weight excluding hydrogens is 535 g/mol. The summed E-state index contributed by atoms with van der Waals surface area (Å²) in [6.45, 7) is 0. The molecule has 142 valence electrons. The van der Waals surface area contributed by atoms with Gasteiger partial charge in [-0.25, -0.2) is 0 Å². The van der Waals surface area contributed by atoms with Crippen LogP contribution in [0, 0.1) is 12.1 Å². The average molecular weight is 554 g/mol. The molecule has 0 bridgehead atoms. The van der Waals surface area contributed by atoms with Crippen LogP contribution in [-0.4, -0.2) is 9.97 Å². The third kappa shape index (κ3) is 5.46. The van der Waals surface area contributed by atoms with Gasteiger partial charge in [0.15, 0.2) is 0 Å². The average Bonchev–Trinajstić information content (AvgIpc) is 2.81. The van der Waals surface area contributed by atoms with Gasteiger partial charge in [-0.05, 0) is 12.1 Å². The molecule has 29 heavy (non-hydrogen) atoms. The van der Waals surface area contributed by atoms with Crippen LogP contribution in [0.25, 0.3) is 33.3 Å². The van der Waals surface area contributed by atoms with Crippen molar-refractivity contribution in [3.05, 3.63) is 122 Å². The van der Waals surface area contributed by atoms with Crippen LogP contribution in [0.1, 0.15) is 0 Å². The first kappa shape index (κ1) is 20.6. The predicted molar refractivity (Wildman–Crippen MR) is 115 cm³/mol. The monoisotopic (exact) mass is 553 g/mol. The zero-order valence-electron chi connectivity index (χ0n) is 15.6. The molecule has 0 aliphatic carbocycles. The van der Waals surface area contributed by atoms with Crippen molar-refractivity contribution in [3.63, 3.8) is 0 Å². The Bertz CT molecular complexity index is 1040. The third-order valence-electron chi connectivity index (χ3n) is 4.25. The molecule has 3 heteroatoms. The second-order valence-corrected chi connectivity index (χ2v) is 6.17. The molecule has 0 radical (unpaired) electrons. The first-order valence-electron chi connectivity index (χ1n) is 9.11. The summed E-state index contributed by atoms with van der Waals surface area (Å²) in [7, 11) is 0. The molecule has 3 aromatic carbocycles. The summed E-state index contributed by atoms with van der Waals surface area (Å²) in [5, 5.41) is 2.44. The van der Waals surface area contributed by atoms with Gasteiger partial charge < -0.3 is 0 Å². The predicted octanol–water partition coefficient (Wildman–Crippen LogP) is 6.25. The summed E-state index contributed by atoms with van der Waals surface area (Å²) in [5.41, 5.74) is 3.82. The minimum atomic E-state index is 0. The Balaban J connectivity index is 0.000000186. The quantitative estimate of drug-likeness (QED) is 0.242. The van der Waals surface area contributed by atoms with E-state index in [2.05, 4.69) is 40.3 Å². The number of benzene rings is 3. The largest absolute Gasteiger partial charge is 2.00 e. The Hall–Kier alpha value is -3.09. The molecule has 5 aromatic rings. The van der Waals surface area contributed by atoms with Crippen LogP contribution in [0.2, 0.25) is 0 Å². The molecule has 0 aliphatic heterocycles. The van der Waals surface area contributed by atoms with E-state index in [-0.39, 0.29) is 21.1 Å². The van der Waals surface area contributed by atoms with E-state index in [4.69, 9.17) is 0 Å². The molecule has 0 N–H and O–H groups in total. The van der Waals surface area contributed by atoms with Crippen molar-refractivity contribution in [3.8, 4) is 22.5 Å². The topological polar surface area (TPSA) is 25.8 Å². The molecule has 0 unspecified atom stereocenters. The summed E-state index contributed by atoms with van der Waals surface area (Å²) in [6.07, 6.45) is 3.58. The van der Waals surface area contributed by atoms with Crippen LogP contribution in [0.15, 0.2) is 109 Å². The minimum absolute atomic E-state index is 0. The molecule has 2 aromatic heterocycles. The summed E-state index contributed by atoms with van der Waals surface area (Å²) in [5.74, 6) is 0. The van der Waals surface area contributed by atoms with Crippen molar-refractivity contribution < 1.29 is 21.1 Å². The maximum Gasteiger partial charge on any atom is 2.00 e. The Morgan fingerprint density at radius 3 is 1.72 bits per heavy atom. The van der Waals surface area contributed by atoms with Crippen LogP contribution < -0.4 is 0 Å². The second kappa shape index (κ2) is 10.5. The van der Waals surface area contributed by atoms with Gasteiger partial charge in [0.1, 0.15) is 0 Å². The summed E-state index contributed by atoms with van der Waals surface area (Å²) in [4.78, 5) is 8.66. The van der Waals surface area contributed by atoms with Crippen molar-refractivity contribution >= 4 is 10.8 Å². The van der Waals surface area contributed by atoms with Gasteiger partial charge in [-0.15, -0.1) is 71.4 Å². The van der Waals surface area contributed by atoms with Crippen molar-refractivity contribution in [2.24, 2.45) is 0 Å². The van der Waals surface area contributed by atoms with E-state index >= 15 is 0 Å². The van der Waals surface area contributed by atoms with Crippen molar-refractivity contribution in [1.29, 1.82) is 0 Å². The van der Waals surface area contributed by atoms with Crippen molar-refractivity contribution in [2.75, 3.05) is 0 Å². The molecule has 2 heterocycles. The van der Waals surface area contributed by atoms with E-state index in [1.807, 2.05) is 78.9 Å². The fourth-order valence-electron chi connectivity index (χ4n) is 2.88. The molecule has 0 atom stereocenters. The maximum absolute atomic E-state index is 4.33. The third-order valence-corrected chi connectivity index (χ3v) is 4.25. The van der Waals surface area contributed by atoms with Gasteiger partial charge in [0.2, 0.25) is 0 Å². The zero-order valence-corrected chi connectivity index (χ0v) is 17.9. The standard InChI is InChI=1S/C16H11N2.C10H7.Pt/c1-3-10-17-15(8-1)13-6-5-7-14(12-13)16-9-2-4-11-18-16;1-2-6-10-8-4-3-7-9(10)5-1;/h1-11H;1-7H;/q2*-1;+2. The summed E-state index contributed by atoms with van der Waals surface area (Å²) < 4.78 is 0. The zero-order chi connectivity index (χ0) is 19.0. The number of pyridine rings is 2. The molecule has 5 rings (SSSR count). The number of hydrogen-bond acceptors (Lipinski definition) is 2. The van der Waals surface area contributed by atoms with E-state index in [1.54, 1.807) is 12.4 Å². The summed E-state index contributed by atoms with van der Waals surface area (Å²) in [6, 6.07) is 38.5. The first-order chi connectivity index (χ1) is 13.9. The van der Waals surface area contributed by atoms with Gasteiger partial charge in [0.25, 0.3) is 0 Å². The van der Waals surface area contributed by atoms with Crippen LogP contribution in [0.5, 0.6) is 0 Å². The van der Waals surface area contributed by atoms with Gasteiger partial charge in [0.05, 0.1) is 0 Å². The van der Waals surface area contributed by atoms with E-state index < -0.39 is 0 Å². The van der Waals surface area contributed by atoms with Crippen molar-refractivity contribution in [2.45, 2.75) is 0 Å². The fraction of sp³-hybridized carbons (Fsp3) is 0. The molecule has 0 saturated heterocycles. The van der Waals surface area contributed by atoms with E-state index in [1.165, 1.54) is 10.8 Å². The Morgan fingerprint density at radius 1 is 0.552 bits per heavy atom. The van der Waals surface area contributed by atoms with E-state index in [0.717, 1.165) is 22.5 Å². The van der Waals surface area contributed by atoms with Crippen LogP contribution in [0.4, 0.5) is 0 Å². The van der Waals surface area contributed by atoms with Gasteiger partial charge in [-0.2, -0.15) is 0 Å².